The summed E-state index contributed by atoms with van der Waals surface area (Å²) in [5.41, 5.74) is 8.42. The first kappa shape index (κ1) is 13.0. The van der Waals surface area contributed by atoms with E-state index in [0.717, 1.165) is 29.3 Å². The number of hydrogen-bond acceptors (Lipinski definition) is 4. The second-order valence-electron chi connectivity index (χ2n) is 5.40. The Labute approximate surface area is 118 Å². The Morgan fingerprint density at radius 1 is 1.30 bits per heavy atom. The lowest BCUT2D eigenvalue weighted by atomic mass is 10.0. The highest BCUT2D eigenvalue weighted by Gasteiger charge is 2.17. The number of rotatable bonds is 4. The molecule has 0 spiro atoms. The van der Waals surface area contributed by atoms with Gasteiger partial charge in [-0.05, 0) is 23.6 Å². The average molecular weight is 273 g/mol. The van der Waals surface area contributed by atoms with Gasteiger partial charge in [0.15, 0.2) is 11.5 Å². The van der Waals surface area contributed by atoms with Gasteiger partial charge in [0.2, 0.25) is 6.79 Å². The number of aromatic nitrogens is 2. The van der Waals surface area contributed by atoms with Crippen LogP contribution in [0.25, 0.3) is 0 Å². The second-order valence-corrected chi connectivity index (χ2v) is 5.40. The number of nitrogens with two attached hydrogens (primary N) is 1. The lowest BCUT2D eigenvalue weighted by molar-refractivity contribution is 0.174. The molecule has 5 nitrogen and oxygen atoms in total. The monoisotopic (exact) mass is 273 g/mol. The number of fused-ring (bicyclic) bond motifs is 1. The molecule has 2 aromatic rings. The number of hydrogen-bond donors (Lipinski definition) is 1. The molecule has 0 bridgehead atoms. The summed E-state index contributed by atoms with van der Waals surface area (Å²) in [6.07, 6.45) is 3.67. The van der Waals surface area contributed by atoms with Crippen LogP contribution in [0.3, 0.4) is 0 Å². The van der Waals surface area contributed by atoms with Gasteiger partial charge in [-0.1, -0.05) is 19.9 Å². The summed E-state index contributed by atoms with van der Waals surface area (Å²) in [4.78, 5) is 4.22. The molecule has 0 saturated carbocycles. The fourth-order valence-corrected chi connectivity index (χ4v) is 2.32. The van der Waals surface area contributed by atoms with E-state index < -0.39 is 0 Å². The normalized spacial score (nSPS) is 14.8. The molecule has 1 unspecified atom stereocenters. The summed E-state index contributed by atoms with van der Waals surface area (Å²) in [6, 6.07) is 5.98. The minimum absolute atomic E-state index is 0.00786. The highest BCUT2D eigenvalue weighted by molar-refractivity contribution is 5.44. The maximum atomic E-state index is 6.22. The maximum Gasteiger partial charge on any atom is 0.231 e. The molecule has 1 aliphatic rings. The largest absolute Gasteiger partial charge is 0.454 e. The molecule has 1 aromatic carbocycles. The van der Waals surface area contributed by atoms with Crippen molar-refractivity contribution in [3.8, 4) is 11.5 Å². The third-order valence-electron chi connectivity index (χ3n) is 3.59. The smallest absolute Gasteiger partial charge is 0.231 e. The van der Waals surface area contributed by atoms with Gasteiger partial charge in [-0.3, -0.25) is 0 Å². The van der Waals surface area contributed by atoms with Gasteiger partial charge in [0.25, 0.3) is 0 Å². The van der Waals surface area contributed by atoms with Gasteiger partial charge < -0.3 is 19.8 Å². The van der Waals surface area contributed by atoms with Crippen LogP contribution in [0.1, 0.15) is 31.1 Å². The minimum atomic E-state index is -0.00786. The highest BCUT2D eigenvalue weighted by Crippen LogP contribution is 2.33. The molecule has 0 aliphatic carbocycles. The summed E-state index contributed by atoms with van der Waals surface area (Å²) in [6.45, 7) is 5.25. The standard InChI is InChI=1S/C15H19N3O2/c1-10(2)15(16)12-6-17-8-18(12)7-11-3-4-13-14(5-11)20-9-19-13/h3-6,8,10,15H,7,9,16H2,1-2H3. The van der Waals surface area contributed by atoms with Crippen molar-refractivity contribution in [3.63, 3.8) is 0 Å². The van der Waals surface area contributed by atoms with Crippen LogP contribution in [0.5, 0.6) is 11.5 Å². The van der Waals surface area contributed by atoms with Crippen LogP contribution in [0.2, 0.25) is 0 Å². The van der Waals surface area contributed by atoms with Crippen LogP contribution in [0, 0.1) is 5.92 Å². The van der Waals surface area contributed by atoms with E-state index in [1.165, 1.54) is 0 Å². The number of benzene rings is 1. The summed E-state index contributed by atoms with van der Waals surface area (Å²) in [5.74, 6) is 1.98. The maximum absolute atomic E-state index is 6.22. The van der Waals surface area contributed by atoms with Crippen molar-refractivity contribution in [3.05, 3.63) is 42.0 Å². The van der Waals surface area contributed by atoms with Gasteiger partial charge in [-0.2, -0.15) is 0 Å². The molecule has 3 rings (SSSR count). The van der Waals surface area contributed by atoms with Crippen molar-refractivity contribution >= 4 is 0 Å². The molecule has 0 amide bonds. The molecule has 20 heavy (non-hydrogen) atoms. The van der Waals surface area contributed by atoms with E-state index in [-0.39, 0.29) is 6.04 Å². The Kier molecular flexibility index (Phi) is 3.36. The molecule has 1 atom stereocenters. The molecule has 0 fully saturated rings. The molecule has 5 heteroatoms. The first-order chi connectivity index (χ1) is 9.65. The van der Waals surface area contributed by atoms with E-state index in [0.29, 0.717) is 12.7 Å². The Morgan fingerprint density at radius 3 is 2.90 bits per heavy atom. The molecule has 1 aromatic heterocycles. The van der Waals surface area contributed by atoms with Gasteiger partial charge in [0.05, 0.1) is 12.0 Å². The van der Waals surface area contributed by atoms with Gasteiger partial charge in [0.1, 0.15) is 0 Å². The van der Waals surface area contributed by atoms with Crippen molar-refractivity contribution in [2.24, 2.45) is 11.7 Å². The highest BCUT2D eigenvalue weighted by atomic mass is 16.7. The van der Waals surface area contributed by atoms with E-state index >= 15 is 0 Å². The number of nitrogens with zero attached hydrogens (tertiary/aromatic N) is 2. The molecule has 2 heterocycles. The molecule has 1 aliphatic heterocycles. The predicted molar refractivity (Wildman–Crippen MR) is 75.7 cm³/mol. The fourth-order valence-electron chi connectivity index (χ4n) is 2.32. The van der Waals surface area contributed by atoms with E-state index in [1.54, 1.807) is 0 Å². The third kappa shape index (κ3) is 2.36. The lowest BCUT2D eigenvalue weighted by Crippen LogP contribution is -2.20. The molecule has 106 valence electrons. The first-order valence-electron chi connectivity index (χ1n) is 6.79. The Morgan fingerprint density at radius 2 is 2.10 bits per heavy atom. The van der Waals surface area contributed by atoms with Crippen molar-refractivity contribution in [2.75, 3.05) is 6.79 Å². The third-order valence-corrected chi connectivity index (χ3v) is 3.59. The summed E-state index contributed by atoms with van der Waals surface area (Å²) >= 11 is 0. The van der Waals surface area contributed by atoms with E-state index in [9.17, 15) is 0 Å². The van der Waals surface area contributed by atoms with Gasteiger partial charge in [-0.25, -0.2) is 4.98 Å². The SMILES string of the molecule is CC(C)C(N)c1cncn1Cc1ccc2c(c1)OCO2. The topological polar surface area (TPSA) is 62.3 Å². The van der Waals surface area contributed by atoms with Crippen molar-refractivity contribution in [1.29, 1.82) is 0 Å². The van der Waals surface area contributed by atoms with Crippen LogP contribution < -0.4 is 15.2 Å². The second kappa shape index (κ2) is 5.17. The Bertz CT molecular complexity index is 607. The zero-order valence-electron chi connectivity index (χ0n) is 11.7. The lowest BCUT2D eigenvalue weighted by Gasteiger charge is -2.18. The average Bonchev–Trinajstić information content (AvgIpc) is 3.06. The zero-order valence-corrected chi connectivity index (χ0v) is 11.7. The number of ether oxygens (including phenoxy) is 2. The van der Waals surface area contributed by atoms with E-state index in [2.05, 4.69) is 23.4 Å². The van der Waals surface area contributed by atoms with E-state index in [4.69, 9.17) is 15.2 Å². The number of imidazole rings is 1. The fraction of sp³-hybridized carbons (Fsp3) is 0.400. The summed E-state index contributed by atoms with van der Waals surface area (Å²) in [5, 5.41) is 0. The molecule has 0 saturated heterocycles. The van der Waals surface area contributed by atoms with Crippen LogP contribution in [-0.2, 0) is 6.54 Å². The summed E-state index contributed by atoms with van der Waals surface area (Å²) in [7, 11) is 0. The van der Waals surface area contributed by atoms with Crippen molar-refractivity contribution in [2.45, 2.75) is 26.4 Å². The van der Waals surface area contributed by atoms with Crippen molar-refractivity contribution < 1.29 is 9.47 Å². The van der Waals surface area contributed by atoms with Gasteiger partial charge in [-0.15, -0.1) is 0 Å². The van der Waals surface area contributed by atoms with Crippen LogP contribution >= 0.6 is 0 Å². The van der Waals surface area contributed by atoms with Crippen molar-refractivity contribution in [1.82, 2.24) is 9.55 Å². The predicted octanol–water partition coefficient (Wildman–Crippen LogP) is 2.32. The van der Waals surface area contributed by atoms with Crippen LogP contribution in [0.15, 0.2) is 30.7 Å². The quantitative estimate of drug-likeness (QED) is 0.928. The van der Waals surface area contributed by atoms with Crippen LogP contribution in [0.4, 0.5) is 0 Å². The molecule has 0 radical (unpaired) electrons. The Balaban J connectivity index is 1.83. The summed E-state index contributed by atoms with van der Waals surface area (Å²) < 4.78 is 12.8. The van der Waals surface area contributed by atoms with Gasteiger partial charge >= 0.3 is 0 Å². The molecular weight excluding hydrogens is 254 g/mol. The Hall–Kier alpha value is -2.01. The van der Waals surface area contributed by atoms with Crippen LogP contribution in [-0.4, -0.2) is 16.3 Å². The zero-order chi connectivity index (χ0) is 14.1. The van der Waals surface area contributed by atoms with E-state index in [1.807, 2.05) is 30.7 Å². The first-order valence-corrected chi connectivity index (χ1v) is 6.79. The molecule has 2 N–H and O–H groups in total. The van der Waals surface area contributed by atoms with Gasteiger partial charge in [0, 0.05) is 18.8 Å². The molecular formula is C15H19N3O2. The minimum Gasteiger partial charge on any atom is -0.454 e.